The quantitative estimate of drug-likeness (QED) is 0.525. The molecule has 9 heteroatoms. The first-order valence-electron chi connectivity index (χ1n) is 8.45. The summed E-state index contributed by atoms with van der Waals surface area (Å²) in [6.07, 6.45) is 1.72. The largest absolute Gasteiger partial charge is 0.493 e. The Bertz CT molecular complexity index is 959. The molecule has 2 aromatic rings. The molecule has 7 nitrogen and oxygen atoms in total. The second kappa shape index (κ2) is 9.57. The van der Waals surface area contributed by atoms with E-state index >= 15 is 0 Å². The molecule has 0 aliphatic rings. The lowest BCUT2D eigenvalue weighted by atomic mass is 10.2. The Hall–Kier alpha value is -2.58. The van der Waals surface area contributed by atoms with E-state index in [0.717, 1.165) is 11.8 Å². The highest BCUT2D eigenvalue weighted by Crippen LogP contribution is 2.21. The summed E-state index contributed by atoms with van der Waals surface area (Å²) in [6, 6.07) is 10.7. The van der Waals surface area contributed by atoms with Crippen molar-refractivity contribution >= 4 is 33.3 Å². The molecule has 150 valence electrons. The number of rotatable bonds is 7. The van der Waals surface area contributed by atoms with Crippen molar-refractivity contribution in [3.8, 4) is 5.75 Å². The number of aryl methyl sites for hydroxylation is 1. The Labute approximate surface area is 168 Å². The Morgan fingerprint density at radius 3 is 2.36 bits per heavy atom. The number of amides is 2. The van der Waals surface area contributed by atoms with Crippen molar-refractivity contribution in [1.29, 1.82) is 0 Å². The van der Waals surface area contributed by atoms with Gasteiger partial charge in [-0.05, 0) is 61.4 Å². The van der Waals surface area contributed by atoms with Gasteiger partial charge in [-0.25, -0.2) is 8.42 Å². The number of carbonyl (C=O) groups is 2. The highest BCUT2D eigenvalue weighted by molar-refractivity contribution is 7.90. The maximum Gasteiger partial charge on any atom is 0.269 e. The summed E-state index contributed by atoms with van der Waals surface area (Å²) in [5, 5.41) is 0.630. The second-order valence-electron chi connectivity index (χ2n) is 6.16. The fourth-order valence-electron chi connectivity index (χ4n) is 2.30. The molecule has 0 aliphatic heterocycles. The van der Waals surface area contributed by atoms with Crippen LogP contribution in [0.25, 0.3) is 0 Å². The van der Waals surface area contributed by atoms with Crippen LogP contribution < -0.4 is 15.6 Å². The highest BCUT2D eigenvalue weighted by Gasteiger charge is 2.11. The van der Waals surface area contributed by atoms with Crippen LogP contribution in [0.5, 0.6) is 5.75 Å². The molecule has 2 N–H and O–H groups in total. The number of sulfone groups is 1. The molecule has 0 spiro atoms. The monoisotopic (exact) mass is 424 g/mol. The number of ether oxygens (including phenoxy) is 1. The zero-order valence-electron chi connectivity index (χ0n) is 15.5. The van der Waals surface area contributed by atoms with E-state index in [1.54, 1.807) is 18.2 Å². The van der Waals surface area contributed by atoms with E-state index < -0.39 is 15.7 Å². The van der Waals surface area contributed by atoms with E-state index in [9.17, 15) is 18.0 Å². The number of carbonyl (C=O) groups excluding carboxylic acids is 2. The molecule has 0 aromatic heterocycles. The molecule has 0 atom stereocenters. The highest BCUT2D eigenvalue weighted by atomic mass is 35.5. The normalized spacial score (nSPS) is 11.0. The molecule has 2 aromatic carbocycles. The smallest absolute Gasteiger partial charge is 0.269 e. The lowest BCUT2D eigenvalue weighted by Crippen LogP contribution is -2.41. The van der Waals surface area contributed by atoms with Crippen molar-refractivity contribution in [1.82, 2.24) is 10.9 Å². The van der Waals surface area contributed by atoms with Gasteiger partial charge in [0.05, 0.1) is 11.5 Å². The van der Waals surface area contributed by atoms with Crippen molar-refractivity contribution < 1.29 is 22.7 Å². The zero-order valence-corrected chi connectivity index (χ0v) is 17.1. The Kier molecular flexibility index (Phi) is 7.42. The van der Waals surface area contributed by atoms with Crippen LogP contribution in [0.1, 0.15) is 28.8 Å². The van der Waals surface area contributed by atoms with Crippen LogP contribution in [0.3, 0.4) is 0 Å². The van der Waals surface area contributed by atoms with Gasteiger partial charge in [-0.1, -0.05) is 11.6 Å². The van der Waals surface area contributed by atoms with Gasteiger partial charge in [0.1, 0.15) is 5.75 Å². The minimum absolute atomic E-state index is 0.115. The summed E-state index contributed by atoms with van der Waals surface area (Å²) >= 11 is 5.88. The third kappa shape index (κ3) is 6.54. The van der Waals surface area contributed by atoms with E-state index in [1.807, 2.05) is 6.92 Å². The zero-order chi connectivity index (χ0) is 20.7. The second-order valence-corrected chi connectivity index (χ2v) is 8.61. The maximum atomic E-state index is 12.0. The molecule has 0 heterocycles. The van der Waals surface area contributed by atoms with Crippen molar-refractivity contribution in [2.75, 3.05) is 12.9 Å². The number of hydrogen-bond acceptors (Lipinski definition) is 5. The SMILES string of the molecule is Cc1cc(Cl)ccc1OCCCC(=O)NNC(=O)c1ccc(S(C)(=O)=O)cc1. The Morgan fingerprint density at radius 1 is 1.07 bits per heavy atom. The standard InChI is InChI=1S/C19H21ClN2O5S/c1-13-12-15(20)7-10-17(13)27-11-3-4-18(23)21-22-19(24)14-5-8-16(9-6-14)28(2,25)26/h5-10,12H,3-4,11H2,1-2H3,(H,21,23)(H,22,24). The van der Waals surface area contributed by atoms with Gasteiger partial charge in [0.15, 0.2) is 9.84 Å². The van der Waals surface area contributed by atoms with Gasteiger partial charge < -0.3 is 4.74 Å². The first kappa shape index (κ1) is 21.7. The Balaban J connectivity index is 1.72. The molecule has 0 saturated heterocycles. The molecule has 0 radical (unpaired) electrons. The van der Waals surface area contributed by atoms with E-state index in [-0.39, 0.29) is 22.8 Å². The summed E-state index contributed by atoms with van der Waals surface area (Å²) in [4.78, 5) is 23.9. The summed E-state index contributed by atoms with van der Waals surface area (Å²) < 4.78 is 28.4. The minimum atomic E-state index is -3.33. The molecule has 28 heavy (non-hydrogen) atoms. The van der Waals surface area contributed by atoms with Crippen LogP contribution in [0.15, 0.2) is 47.4 Å². The first-order valence-corrected chi connectivity index (χ1v) is 10.7. The van der Waals surface area contributed by atoms with Gasteiger partial charge in [-0.15, -0.1) is 0 Å². The van der Waals surface area contributed by atoms with Gasteiger partial charge in [0, 0.05) is 23.3 Å². The van der Waals surface area contributed by atoms with Gasteiger partial charge in [0.25, 0.3) is 5.91 Å². The predicted molar refractivity (Wildman–Crippen MR) is 106 cm³/mol. The van der Waals surface area contributed by atoms with Crippen molar-refractivity contribution in [2.24, 2.45) is 0 Å². The number of benzene rings is 2. The summed E-state index contributed by atoms with van der Waals surface area (Å²) in [5.74, 6) is -0.199. The van der Waals surface area contributed by atoms with Gasteiger partial charge in [0.2, 0.25) is 5.91 Å². The van der Waals surface area contributed by atoms with E-state index in [4.69, 9.17) is 16.3 Å². The molecule has 2 rings (SSSR count). The number of hydrazine groups is 1. The summed E-state index contributed by atoms with van der Waals surface area (Å²) in [6.45, 7) is 2.22. The van der Waals surface area contributed by atoms with E-state index in [0.29, 0.717) is 23.8 Å². The summed E-state index contributed by atoms with van der Waals surface area (Å²) in [5.41, 5.74) is 5.74. The summed E-state index contributed by atoms with van der Waals surface area (Å²) in [7, 11) is -3.33. The molecular weight excluding hydrogens is 404 g/mol. The van der Waals surface area contributed by atoms with Gasteiger partial charge in [-0.2, -0.15) is 0 Å². The number of hydrogen-bond donors (Lipinski definition) is 2. The van der Waals surface area contributed by atoms with Crippen LogP contribution >= 0.6 is 11.6 Å². The molecule has 0 bridgehead atoms. The number of nitrogens with one attached hydrogen (secondary N) is 2. The maximum absolute atomic E-state index is 12.0. The van der Waals surface area contributed by atoms with Crippen molar-refractivity contribution in [3.05, 3.63) is 58.6 Å². The lowest BCUT2D eigenvalue weighted by molar-refractivity contribution is -0.122. The van der Waals surface area contributed by atoms with Crippen LogP contribution in [0.4, 0.5) is 0 Å². The third-order valence-corrected chi connectivity index (χ3v) is 5.17. The molecule has 0 aliphatic carbocycles. The van der Waals surface area contributed by atoms with Crippen molar-refractivity contribution in [3.63, 3.8) is 0 Å². The van der Waals surface area contributed by atoms with E-state index in [2.05, 4.69) is 10.9 Å². The molecule has 0 fully saturated rings. The lowest BCUT2D eigenvalue weighted by Gasteiger charge is -2.10. The molecule has 0 unspecified atom stereocenters. The fourth-order valence-corrected chi connectivity index (χ4v) is 3.16. The third-order valence-electron chi connectivity index (χ3n) is 3.80. The van der Waals surface area contributed by atoms with Crippen LogP contribution in [-0.4, -0.2) is 33.1 Å². The fraction of sp³-hybridized carbons (Fsp3) is 0.263. The van der Waals surface area contributed by atoms with Gasteiger partial charge in [-0.3, -0.25) is 20.4 Å². The van der Waals surface area contributed by atoms with Crippen LogP contribution in [0.2, 0.25) is 5.02 Å². The van der Waals surface area contributed by atoms with Gasteiger partial charge >= 0.3 is 0 Å². The number of halogens is 1. The molecular formula is C19H21ClN2O5S. The molecule has 2 amide bonds. The Morgan fingerprint density at radius 2 is 1.75 bits per heavy atom. The van der Waals surface area contributed by atoms with Crippen LogP contribution in [0, 0.1) is 6.92 Å². The average molecular weight is 425 g/mol. The van der Waals surface area contributed by atoms with Crippen LogP contribution in [-0.2, 0) is 14.6 Å². The molecule has 0 saturated carbocycles. The minimum Gasteiger partial charge on any atom is -0.493 e. The van der Waals surface area contributed by atoms with E-state index in [1.165, 1.54) is 24.3 Å². The topological polar surface area (TPSA) is 102 Å². The first-order chi connectivity index (χ1) is 13.2. The van der Waals surface area contributed by atoms with Crippen molar-refractivity contribution in [2.45, 2.75) is 24.7 Å². The average Bonchev–Trinajstić information content (AvgIpc) is 2.64. The predicted octanol–water partition coefficient (Wildman–Crippen LogP) is 2.67.